The van der Waals surface area contributed by atoms with Crippen molar-refractivity contribution >= 4 is 5.84 Å². The number of rotatable bonds is 7. The van der Waals surface area contributed by atoms with Crippen LogP contribution in [0.5, 0.6) is 5.75 Å². The van der Waals surface area contributed by atoms with E-state index in [1.165, 1.54) is 18.2 Å². The second-order valence-electron chi connectivity index (χ2n) is 3.51. The molecule has 0 aliphatic carbocycles. The quantitative estimate of drug-likeness (QED) is 0.434. The Labute approximate surface area is 100 Å². The van der Waals surface area contributed by atoms with Crippen LogP contribution in [-0.4, -0.2) is 25.7 Å². The smallest absolute Gasteiger partial charge is 0.130 e. The summed E-state index contributed by atoms with van der Waals surface area (Å²) in [5, 5.41) is 7.32. The van der Waals surface area contributed by atoms with Gasteiger partial charge < -0.3 is 15.2 Å². The number of amidine groups is 1. The van der Waals surface area contributed by atoms with Crippen LogP contribution in [0.4, 0.5) is 4.39 Å². The van der Waals surface area contributed by atoms with Crippen molar-refractivity contribution in [3.8, 4) is 5.75 Å². The molecule has 0 unspecified atom stereocenters. The second-order valence-corrected chi connectivity index (χ2v) is 3.51. The number of hydrogen-bond acceptors (Lipinski definition) is 3. The Balaban J connectivity index is 2.55. The van der Waals surface area contributed by atoms with Crippen molar-refractivity contribution < 1.29 is 13.9 Å². The van der Waals surface area contributed by atoms with E-state index in [1.807, 2.05) is 6.92 Å². The van der Waals surface area contributed by atoms with Gasteiger partial charge in [0.15, 0.2) is 0 Å². The zero-order valence-electron chi connectivity index (χ0n) is 9.83. The summed E-state index contributed by atoms with van der Waals surface area (Å²) in [4.78, 5) is 0. The minimum Gasteiger partial charge on any atom is -0.490 e. The zero-order chi connectivity index (χ0) is 12.7. The highest BCUT2D eigenvalue weighted by Crippen LogP contribution is 2.18. The third-order valence-electron chi connectivity index (χ3n) is 2.07. The van der Waals surface area contributed by atoms with Crippen LogP contribution in [0.25, 0.3) is 0 Å². The molecule has 0 aliphatic heterocycles. The molecule has 0 heterocycles. The lowest BCUT2D eigenvalue weighted by Gasteiger charge is -2.10. The van der Waals surface area contributed by atoms with E-state index in [0.717, 1.165) is 6.42 Å². The molecule has 0 fully saturated rings. The molecular formula is C12H17FN2O2. The number of halogens is 1. The van der Waals surface area contributed by atoms with Crippen molar-refractivity contribution in [3.63, 3.8) is 0 Å². The number of nitrogens with two attached hydrogens (primary N) is 1. The molecule has 17 heavy (non-hydrogen) atoms. The Morgan fingerprint density at radius 2 is 2.12 bits per heavy atom. The Morgan fingerprint density at radius 1 is 1.35 bits per heavy atom. The molecular weight excluding hydrogens is 223 g/mol. The van der Waals surface area contributed by atoms with E-state index in [4.69, 9.17) is 20.6 Å². The number of benzene rings is 1. The van der Waals surface area contributed by atoms with Gasteiger partial charge in [0.1, 0.15) is 24.0 Å². The van der Waals surface area contributed by atoms with E-state index in [0.29, 0.717) is 25.6 Å². The fourth-order valence-corrected chi connectivity index (χ4v) is 1.30. The highest BCUT2D eigenvalue weighted by molar-refractivity contribution is 5.97. The monoisotopic (exact) mass is 240 g/mol. The Kier molecular flexibility index (Phi) is 5.42. The predicted molar refractivity (Wildman–Crippen MR) is 64.0 cm³/mol. The maximum absolute atomic E-state index is 13.0. The van der Waals surface area contributed by atoms with Gasteiger partial charge in [0.05, 0.1) is 12.2 Å². The fourth-order valence-electron chi connectivity index (χ4n) is 1.30. The molecule has 4 nitrogen and oxygen atoms in total. The van der Waals surface area contributed by atoms with Crippen molar-refractivity contribution in [2.24, 2.45) is 5.73 Å². The van der Waals surface area contributed by atoms with Gasteiger partial charge >= 0.3 is 0 Å². The van der Waals surface area contributed by atoms with Gasteiger partial charge in [-0.2, -0.15) is 0 Å². The summed E-state index contributed by atoms with van der Waals surface area (Å²) < 4.78 is 23.6. The molecule has 1 aromatic rings. The van der Waals surface area contributed by atoms with E-state index in [-0.39, 0.29) is 11.4 Å². The molecule has 5 heteroatoms. The zero-order valence-corrected chi connectivity index (χ0v) is 9.83. The average Bonchev–Trinajstić information content (AvgIpc) is 2.30. The van der Waals surface area contributed by atoms with E-state index in [9.17, 15) is 4.39 Å². The summed E-state index contributed by atoms with van der Waals surface area (Å²) in [7, 11) is 0. The maximum atomic E-state index is 13.0. The standard InChI is InChI=1S/C12H17FN2O2/c1-2-5-16-6-7-17-11-4-3-9(13)8-10(11)12(14)15/h3-4,8H,2,5-7H2,1H3,(H3,14,15). The maximum Gasteiger partial charge on any atom is 0.130 e. The van der Waals surface area contributed by atoms with Gasteiger partial charge in [-0.3, -0.25) is 5.41 Å². The minimum atomic E-state index is -0.440. The molecule has 1 aromatic carbocycles. The van der Waals surface area contributed by atoms with Crippen molar-refractivity contribution in [3.05, 3.63) is 29.6 Å². The van der Waals surface area contributed by atoms with Crippen LogP contribution in [0.3, 0.4) is 0 Å². The molecule has 0 aliphatic rings. The SMILES string of the molecule is CCCOCCOc1ccc(F)cc1C(=N)N. The van der Waals surface area contributed by atoms with Crippen LogP contribution in [0.15, 0.2) is 18.2 Å². The van der Waals surface area contributed by atoms with E-state index in [1.54, 1.807) is 0 Å². The van der Waals surface area contributed by atoms with Crippen LogP contribution < -0.4 is 10.5 Å². The van der Waals surface area contributed by atoms with Crippen LogP contribution in [0, 0.1) is 11.2 Å². The Bertz CT molecular complexity index is 383. The van der Waals surface area contributed by atoms with Gasteiger partial charge in [-0.05, 0) is 24.6 Å². The molecule has 94 valence electrons. The van der Waals surface area contributed by atoms with E-state index in [2.05, 4.69) is 0 Å². The molecule has 0 atom stereocenters. The first-order chi connectivity index (χ1) is 8.15. The number of hydrogen-bond donors (Lipinski definition) is 2. The molecule has 0 saturated carbocycles. The largest absolute Gasteiger partial charge is 0.490 e. The third kappa shape index (κ3) is 4.40. The van der Waals surface area contributed by atoms with Crippen LogP contribution in [0.2, 0.25) is 0 Å². The second kappa shape index (κ2) is 6.85. The van der Waals surface area contributed by atoms with Crippen molar-refractivity contribution in [1.82, 2.24) is 0 Å². The summed E-state index contributed by atoms with van der Waals surface area (Å²) in [6, 6.07) is 3.92. The normalized spacial score (nSPS) is 10.2. The lowest BCUT2D eigenvalue weighted by atomic mass is 10.2. The van der Waals surface area contributed by atoms with E-state index < -0.39 is 5.82 Å². The van der Waals surface area contributed by atoms with Crippen molar-refractivity contribution in [1.29, 1.82) is 5.41 Å². The van der Waals surface area contributed by atoms with Crippen LogP contribution >= 0.6 is 0 Å². The molecule has 0 saturated heterocycles. The Morgan fingerprint density at radius 3 is 2.76 bits per heavy atom. The van der Waals surface area contributed by atoms with Gasteiger partial charge in [-0.1, -0.05) is 6.92 Å². The molecule has 0 radical (unpaired) electrons. The first-order valence-corrected chi connectivity index (χ1v) is 5.49. The summed E-state index contributed by atoms with van der Waals surface area (Å²) >= 11 is 0. The highest BCUT2D eigenvalue weighted by atomic mass is 19.1. The van der Waals surface area contributed by atoms with Gasteiger partial charge in [0.2, 0.25) is 0 Å². The number of nitrogen functional groups attached to an aromatic ring is 1. The van der Waals surface area contributed by atoms with Gasteiger partial charge in [0.25, 0.3) is 0 Å². The predicted octanol–water partition coefficient (Wildman–Crippen LogP) is 1.92. The first-order valence-electron chi connectivity index (χ1n) is 5.49. The molecule has 0 amide bonds. The van der Waals surface area contributed by atoms with Crippen molar-refractivity contribution in [2.45, 2.75) is 13.3 Å². The summed E-state index contributed by atoms with van der Waals surface area (Å²) in [5.74, 6) is -0.252. The molecule has 0 bridgehead atoms. The lowest BCUT2D eigenvalue weighted by Crippen LogP contribution is -2.15. The first kappa shape index (κ1) is 13.4. The molecule has 3 N–H and O–H groups in total. The lowest BCUT2D eigenvalue weighted by molar-refractivity contribution is 0.100. The van der Waals surface area contributed by atoms with Crippen LogP contribution in [-0.2, 0) is 4.74 Å². The minimum absolute atomic E-state index is 0.214. The fraction of sp³-hybridized carbons (Fsp3) is 0.417. The summed E-state index contributed by atoms with van der Waals surface area (Å²) in [6.07, 6.45) is 0.954. The van der Waals surface area contributed by atoms with Crippen molar-refractivity contribution in [2.75, 3.05) is 19.8 Å². The van der Waals surface area contributed by atoms with Gasteiger partial charge in [-0.15, -0.1) is 0 Å². The molecule has 0 aromatic heterocycles. The molecule has 0 spiro atoms. The summed E-state index contributed by atoms with van der Waals surface area (Å²) in [6.45, 7) is 3.52. The van der Waals surface area contributed by atoms with Gasteiger partial charge in [-0.25, -0.2) is 4.39 Å². The number of ether oxygens (including phenoxy) is 2. The summed E-state index contributed by atoms with van der Waals surface area (Å²) in [5.41, 5.74) is 5.61. The third-order valence-corrected chi connectivity index (χ3v) is 2.07. The van der Waals surface area contributed by atoms with E-state index >= 15 is 0 Å². The highest BCUT2D eigenvalue weighted by Gasteiger charge is 2.07. The topological polar surface area (TPSA) is 68.3 Å². The number of nitrogens with one attached hydrogen (secondary N) is 1. The van der Waals surface area contributed by atoms with Gasteiger partial charge in [0, 0.05) is 6.61 Å². The molecule has 1 rings (SSSR count). The Hall–Kier alpha value is -1.62. The van der Waals surface area contributed by atoms with Crippen LogP contribution in [0.1, 0.15) is 18.9 Å². The average molecular weight is 240 g/mol.